The molecule has 1 aliphatic heterocycles. The summed E-state index contributed by atoms with van der Waals surface area (Å²) in [5, 5.41) is 16.5. The second-order valence-electron chi connectivity index (χ2n) is 6.32. The highest BCUT2D eigenvalue weighted by atomic mass is 127. The van der Waals surface area contributed by atoms with Gasteiger partial charge in [0.2, 0.25) is 0 Å². The molecule has 0 saturated carbocycles. The number of benzene rings is 1. The van der Waals surface area contributed by atoms with Crippen LogP contribution in [0, 0.1) is 0 Å². The van der Waals surface area contributed by atoms with Crippen LogP contribution < -0.4 is 10.6 Å². The number of halogens is 1. The maximum absolute atomic E-state index is 9.67. The summed E-state index contributed by atoms with van der Waals surface area (Å²) in [5.41, 5.74) is 1.13. The van der Waals surface area contributed by atoms with Crippen molar-refractivity contribution >= 4 is 29.9 Å². The summed E-state index contributed by atoms with van der Waals surface area (Å²) in [5.74, 6) is 0.884. The van der Waals surface area contributed by atoms with Crippen LogP contribution in [-0.4, -0.2) is 61.3 Å². The molecule has 2 unspecified atom stereocenters. The zero-order valence-electron chi connectivity index (χ0n) is 15.4. The molecule has 1 heterocycles. The summed E-state index contributed by atoms with van der Waals surface area (Å²) in [6.45, 7) is 9.07. The van der Waals surface area contributed by atoms with Crippen LogP contribution in [0.5, 0.6) is 0 Å². The van der Waals surface area contributed by atoms with Crippen molar-refractivity contribution in [1.82, 2.24) is 15.5 Å². The number of aliphatic imine (C=N–C) groups is 1. The average Bonchev–Trinajstić information content (AvgIpc) is 3.08. The van der Waals surface area contributed by atoms with Crippen molar-refractivity contribution in [3.8, 4) is 0 Å². The number of likely N-dealkylation sites (N-methyl/N-ethyl adjacent to an activating group) is 1. The van der Waals surface area contributed by atoms with Crippen LogP contribution in [0.2, 0.25) is 0 Å². The van der Waals surface area contributed by atoms with Crippen molar-refractivity contribution in [2.24, 2.45) is 4.99 Å². The lowest BCUT2D eigenvalue weighted by Gasteiger charge is -2.24. The molecule has 0 spiro atoms. The van der Waals surface area contributed by atoms with E-state index in [0.717, 1.165) is 31.2 Å². The van der Waals surface area contributed by atoms with E-state index in [1.807, 2.05) is 18.2 Å². The normalized spacial score (nSPS) is 19.3. The molecule has 0 aromatic heterocycles. The van der Waals surface area contributed by atoms with Crippen LogP contribution >= 0.6 is 24.0 Å². The molecule has 142 valence electrons. The van der Waals surface area contributed by atoms with Gasteiger partial charge in [-0.25, -0.2) is 0 Å². The third-order valence-corrected chi connectivity index (χ3v) is 4.72. The summed E-state index contributed by atoms with van der Waals surface area (Å²) < 4.78 is 0. The molecule has 1 fully saturated rings. The second kappa shape index (κ2) is 12.5. The molecule has 2 rings (SSSR count). The molecule has 2 atom stereocenters. The van der Waals surface area contributed by atoms with Gasteiger partial charge in [0.15, 0.2) is 5.96 Å². The van der Waals surface area contributed by atoms with E-state index < -0.39 is 0 Å². The van der Waals surface area contributed by atoms with E-state index in [2.05, 4.69) is 46.5 Å². The van der Waals surface area contributed by atoms with E-state index in [9.17, 15) is 5.11 Å². The lowest BCUT2D eigenvalue weighted by molar-refractivity contribution is 0.265. The number of nitrogens with zero attached hydrogens (tertiary/aromatic N) is 2. The topological polar surface area (TPSA) is 59.9 Å². The van der Waals surface area contributed by atoms with Crippen LogP contribution in [-0.2, 0) is 0 Å². The average molecular weight is 460 g/mol. The number of aliphatic hydroxyl groups is 1. The molecule has 25 heavy (non-hydrogen) atoms. The second-order valence-corrected chi connectivity index (χ2v) is 6.32. The van der Waals surface area contributed by atoms with Gasteiger partial charge in [-0.2, -0.15) is 0 Å². The first kappa shape index (κ1) is 22.2. The zero-order valence-corrected chi connectivity index (χ0v) is 17.8. The maximum atomic E-state index is 9.67. The Hall–Kier alpha value is -0.860. The van der Waals surface area contributed by atoms with Gasteiger partial charge in [0, 0.05) is 25.0 Å². The summed E-state index contributed by atoms with van der Waals surface area (Å²) in [7, 11) is 0. The molecule has 0 radical (unpaired) electrons. The minimum absolute atomic E-state index is 0. The molecule has 1 aromatic carbocycles. The van der Waals surface area contributed by atoms with Gasteiger partial charge in [0.1, 0.15) is 0 Å². The SMILES string of the molecule is CCNC(=NCC(CO)c1ccccc1)NCC1CCCN1CC.I. The highest BCUT2D eigenvalue weighted by Crippen LogP contribution is 2.16. The van der Waals surface area contributed by atoms with Gasteiger partial charge in [0.25, 0.3) is 0 Å². The predicted octanol–water partition coefficient (Wildman–Crippen LogP) is 2.42. The molecule has 6 heteroatoms. The fourth-order valence-corrected chi connectivity index (χ4v) is 3.29. The fourth-order valence-electron chi connectivity index (χ4n) is 3.29. The van der Waals surface area contributed by atoms with E-state index in [-0.39, 0.29) is 36.5 Å². The van der Waals surface area contributed by atoms with Crippen LogP contribution in [0.25, 0.3) is 0 Å². The molecule has 0 bridgehead atoms. The van der Waals surface area contributed by atoms with Crippen LogP contribution in [0.4, 0.5) is 0 Å². The molecule has 5 nitrogen and oxygen atoms in total. The third-order valence-electron chi connectivity index (χ3n) is 4.72. The zero-order chi connectivity index (χ0) is 17.2. The van der Waals surface area contributed by atoms with E-state index >= 15 is 0 Å². The van der Waals surface area contributed by atoms with Gasteiger partial charge in [0.05, 0.1) is 13.2 Å². The van der Waals surface area contributed by atoms with Crippen LogP contribution in [0.15, 0.2) is 35.3 Å². The van der Waals surface area contributed by atoms with Crippen molar-refractivity contribution in [2.45, 2.75) is 38.6 Å². The highest BCUT2D eigenvalue weighted by Gasteiger charge is 2.22. The number of hydrogen-bond acceptors (Lipinski definition) is 3. The molecule has 1 aliphatic rings. The first-order chi connectivity index (χ1) is 11.8. The van der Waals surface area contributed by atoms with Crippen molar-refractivity contribution in [3.05, 3.63) is 35.9 Å². The molecule has 1 saturated heterocycles. The lowest BCUT2D eigenvalue weighted by atomic mass is 10.0. The number of aliphatic hydroxyl groups excluding tert-OH is 1. The van der Waals surface area contributed by atoms with E-state index in [4.69, 9.17) is 0 Å². The largest absolute Gasteiger partial charge is 0.396 e. The number of rotatable bonds is 8. The Kier molecular flexibility index (Phi) is 11.1. The van der Waals surface area contributed by atoms with Crippen LogP contribution in [0.1, 0.15) is 38.2 Å². The molecular formula is C19H33IN4O. The summed E-state index contributed by atoms with van der Waals surface area (Å²) in [6.07, 6.45) is 2.54. The molecule has 3 N–H and O–H groups in total. The van der Waals surface area contributed by atoms with E-state index in [0.29, 0.717) is 12.6 Å². The van der Waals surface area contributed by atoms with E-state index in [1.54, 1.807) is 0 Å². The number of likely N-dealkylation sites (tertiary alicyclic amines) is 1. The fraction of sp³-hybridized carbons (Fsp3) is 0.632. The standard InChI is InChI=1S/C19H32N4O.HI/c1-3-20-19(22-14-18-11-8-12-23(18)4-2)21-13-17(15-24)16-9-6-5-7-10-16;/h5-7,9-10,17-18,24H,3-4,8,11-15H2,1-2H3,(H2,20,21,22);1H. The minimum Gasteiger partial charge on any atom is -0.396 e. The summed E-state index contributed by atoms with van der Waals surface area (Å²) in [4.78, 5) is 7.21. The van der Waals surface area contributed by atoms with Crippen molar-refractivity contribution < 1.29 is 5.11 Å². The quantitative estimate of drug-likeness (QED) is 0.317. The molecular weight excluding hydrogens is 427 g/mol. The first-order valence-electron chi connectivity index (χ1n) is 9.20. The molecule has 0 amide bonds. The first-order valence-corrected chi connectivity index (χ1v) is 9.20. The van der Waals surface area contributed by atoms with Crippen LogP contribution in [0.3, 0.4) is 0 Å². The Balaban J connectivity index is 0.00000312. The van der Waals surface area contributed by atoms with Gasteiger partial charge in [-0.1, -0.05) is 37.3 Å². The number of guanidine groups is 1. The van der Waals surface area contributed by atoms with Gasteiger partial charge in [-0.3, -0.25) is 9.89 Å². The van der Waals surface area contributed by atoms with Crippen molar-refractivity contribution in [3.63, 3.8) is 0 Å². The molecule has 0 aliphatic carbocycles. The minimum atomic E-state index is 0. The Morgan fingerprint density at radius 3 is 2.68 bits per heavy atom. The number of nitrogens with one attached hydrogen (secondary N) is 2. The molecule has 1 aromatic rings. The predicted molar refractivity (Wildman–Crippen MR) is 116 cm³/mol. The summed E-state index contributed by atoms with van der Waals surface area (Å²) >= 11 is 0. The van der Waals surface area contributed by atoms with Gasteiger partial charge < -0.3 is 15.7 Å². The third kappa shape index (κ3) is 7.11. The van der Waals surface area contributed by atoms with Crippen molar-refractivity contribution in [1.29, 1.82) is 0 Å². The Bertz CT molecular complexity index is 497. The van der Waals surface area contributed by atoms with Gasteiger partial charge in [-0.05, 0) is 38.4 Å². The Labute approximate surface area is 169 Å². The van der Waals surface area contributed by atoms with Gasteiger partial charge >= 0.3 is 0 Å². The maximum Gasteiger partial charge on any atom is 0.191 e. The van der Waals surface area contributed by atoms with E-state index in [1.165, 1.54) is 19.4 Å². The van der Waals surface area contributed by atoms with Crippen molar-refractivity contribution in [2.75, 3.05) is 39.3 Å². The Morgan fingerprint density at radius 1 is 1.28 bits per heavy atom. The van der Waals surface area contributed by atoms with Gasteiger partial charge in [-0.15, -0.1) is 24.0 Å². The Morgan fingerprint density at radius 2 is 2.04 bits per heavy atom. The smallest absolute Gasteiger partial charge is 0.191 e. The number of hydrogen-bond donors (Lipinski definition) is 3. The summed E-state index contributed by atoms with van der Waals surface area (Å²) in [6, 6.07) is 10.7. The monoisotopic (exact) mass is 460 g/mol. The lowest BCUT2D eigenvalue weighted by Crippen LogP contribution is -2.45. The highest BCUT2D eigenvalue weighted by molar-refractivity contribution is 14.0.